The molecule has 0 atom stereocenters. The van der Waals surface area contributed by atoms with Crippen LogP contribution >= 0.6 is 12.2 Å². The summed E-state index contributed by atoms with van der Waals surface area (Å²) < 4.78 is 5.73. The summed E-state index contributed by atoms with van der Waals surface area (Å²) in [6.07, 6.45) is 3.21. The van der Waals surface area contributed by atoms with Gasteiger partial charge in [0.05, 0.1) is 19.1 Å². The van der Waals surface area contributed by atoms with Gasteiger partial charge in [-0.1, -0.05) is 12.2 Å². The molecule has 2 N–H and O–H groups in total. The number of aromatic amines is 1. The Morgan fingerprint density at radius 1 is 1.57 bits per heavy atom. The molecule has 0 aromatic carbocycles. The van der Waals surface area contributed by atoms with Crippen LogP contribution in [0.5, 0.6) is 0 Å². The van der Waals surface area contributed by atoms with Crippen LogP contribution in [0.3, 0.4) is 0 Å². The van der Waals surface area contributed by atoms with Crippen molar-refractivity contribution in [1.82, 2.24) is 9.97 Å². The van der Waals surface area contributed by atoms with Gasteiger partial charge in [0.2, 0.25) is 0 Å². The molecule has 14 heavy (non-hydrogen) atoms. The highest BCUT2D eigenvalue weighted by Crippen LogP contribution is 2.05. The molecule has 2 heterocycles. The quantitative estimate of drug-likeness (QED) is 0.758. The SMILES string of the molecule is S=c1cc(NCc2ccco2)[nH]cn1. The molecule has 0 bridgehead atoms. The maximum Gasteiger partial charge on any atom is 0.131 e. The molecule has 0 fully saturated rings. The number of nitrogens with zero attached hydrogens (tertiary/aromatic N) is 1. The fourth-order valence-electron chi connectivity index (χ4n) is 1.07. The van der Waals surface area contributed by atoms with Crippen molar-refractivity contribution < 1.29 is 4.42 Å². The largest absolute Gasteiger partial charge is 0.467 e. The summed E-state index contributed by atoms with van der Waals surface area (Å²) in [4.78, 5) is 6.82. The Morgan fingerprint density at radius 3 is 3.21 bits per heavy atom. The Bertz CT molecular complexity index is 449. The highest BCUT2D eigenvalue weighted by molar-refractivity contribution is 7.71. The third-order valence-electron chi connectivity index (χ3n) is 1.71. The topological polar surface area (TPSA) is 53.9 Å². The van der Waals surface area contributed by atoms with Gasteiger partial charge in [-0.15, -0.1) is 0 Å². The van der Waals surface area contributed by atoms with Gasteiger partial charge in [-0.05, 0) is 12.1 Å². The van der Waals surface area contributed by atoms with Gasteiger partial charge in [-0.25, -0.2) is 4.98 Å². The molecule has 2 aromatic heterocycles. The van der Waals surface area contributed by atoms with Crippen molar-refractivity contribution in [3.05, 3.63) is 41.2 Å². The van der Waals surface area contributed by atoms with Gasteiger partial charge in [0.1, 0.15) is 16.2 Å². The molecule has 2 aromatic rings. The molecular formula is C9H9N3OS. The second-order valence-corrected chi connectivity index (χ2v) is 3.15. The minimum Gasteiger partial charge on any atom is -0.467 e. The predicted molar refractivity (Wildman–Crippen MR) is 55.5 cm³/mol. The third-order valence-corrected chi connectivity index (χ3v) is 1.94. The second kappa shape index (κ2) is 4.06. The Morgan fingerprint density at radius 2 is 2.50 bits per heavy atom. The lowest BCUT2D eigenvalue weighted by atomic mass is 10.4. The van der Waals surface area contributed by atoms with E-state index in [0.29, 0.717) is 11.2 Å². The normalized spacial score (nSPS) is 10.0. The Hall–Kier alpha value is -1.62. The molecule has 2 rings (SSSR count). The van der Waals surface area contributed by atoms with Crippen molar-refractivity contribution in [2.24, 2.45) is 0 Å². The van der Waals surface area contributed by atoms with E-state index < -0.39 is 0 Å². The van der Waals surface area contributed by atoms with Gasteiger partial charge in [0.15, 0.2) is 0 Å². The highest BCUT2D eigenvalue weighted by atomic mass is 32.1. The van der Waals surface area contributed by atoms with Crippen molar-refractivity contribution in [2.75, 3.05) is 5.32 Å². The lowest BCUT2D eigenvalue weighted by Gasteiger charge is -2.02. The Kier molecular flexibility index (Phi) is 2.60. The minimum atomic E-state index is 0.561. The first-order chi connectivity index (χ1) is 6.84. The van der Waals surface area contributed by atoms with Crippen LogP contribution in [0.15, 0.2) is 35.2 Å². The maximum absolute atomic E-state index is 5.17. The molecule has 0 saturated heterocycles. The van der Waals surface area contributed by atoms with E-state index in [9.17, 15) is 0 Å². The monoisotopic (exact) mass is 207 g/mol. The van der Waals surface area contributed by atoms with E-state index in [1.165, 1.54) is 0 Å². The molecule has 0 radical (unpaired) electrons. The number of hydrogen-bond acceptors (Lipinski definition) is 4. The average Bonchev–Trinajstić information content (AvgIpc) is 2.67. The average molecular weight is 207 g/mol. The van der Waals surface area contributed by atoms with Crippen molar-refractivity contribution in [3.63, 3.8) is 0 Å². The summed E-state index contributed by atoms with van der Waals surface area (Å²) in [6.45, 7) is 0.627. The number of anilines is 1. The van der Waals surface area contributed by atoms with E-state index >= 15 is 0 Å². The number of furan rings is 1. The van der Waals surface area contributed by atoms with Crippen LogP contribution in [0.4, 0.5) is 5.82 Å². The fourth-order valence-corrected chi connectivity index (χ4v) is 1.24. The number of H-pyrrole nitrogens is 1. The van der Waals surface area contributed by atoms with E-state index in [4.69, 9.17) is 16.6 Å². The van der Waals surface area contributed by atoms with Gasteiger partial charge < -0.3 is 14.7 Å². The first-order valence-corrected chi connectivity index (χ1v) is 4.56. The van der Waals surface area contributed by atoms with Crippen LogP contribution in [0.25, 0.3) is 0 Å². The summed E-state index contributed by atoms with van der Waals surface area (Å²) in [5.41, 5.74) is 0. The van der Waals surface area contributed by atoms with Gasteiger partial charge in [0.25, 0.3) is 0 Å². The van der Waals surface area contributed by atoms with Gasteiger partial charge >= 0.3 is 0 Å². The van der Waals surface area contributed by atoms with Crippen LogP contribution < -0.4 is 5.32 Å². The van der Waals surface area contributed by atoms with Crippen LogP contribution in [-0.4, -0.2) is 9.97 Å². The minimum absolute atomic E-state index is 0.561. The van der Waals surface area contributed by atoms with Crippen molar-refractivity contribution >= 4 is 18.0 Å². The van der Waals surface area contributed by atoms with Gasteiger partial charge in [0, 0.05) is 6.07 Å². The molecular weight excluding hydrogens is 198 g/mol. The van der Waals surface area contributed by atoms with Crippen molar-refractivity contribution in [2.45, 2.75) is 6.54 Å². The van der Waals surface area contributed by atoms with E-state index in [1.807, 2.05) is 12.1 Å². The molecule has 0 aliphatic rings. The summed E-state index contributed by atoms with van der Waals surface area (Å²) >= 11 is 4.92. The number of hydrogen-bond donors (Lipinski definition) is 2. The lowest BCUT2D eigenvalue weighted by Crippen LogP contribution is -2.00. The molecule has 0 saturated carbocycles. The van der Waals surface area contributed by atoms with Crippen molar-refractivity contribution in [3.8, 4) is 0 Å². The molecule has 0 amide bonds. The predicted octanol–water partition coefficient (Wildman–Crippen LogP) is 2.34. The van der Waals surface area contributed by atoms with E-state index in [2.05, 4.69) is 15.3 Å². The zero-order chi connectivity index (χ0) is 9.80. The van der Waals surface area contributed by atoms with Crippen LogP contribution in [0, 0.1) is 4.64 Å². The van der Waals surface area contributed by atoms with Crippen LogP contribution in [0.1, 0.15) is 5.76 Å². The van der Waals surface area contributed by atoms with E-state index in [1.54, 1.807) is 18.7 Å². The summed E-state index contributed by atoms with van der Waals surface area (Å²) in [6, 6.07) is 5.52. The second-order valence-electron chi connectivity index (χ2n) is 2.73. The molecule has 0 aliphatic carbocycles. The number of rotatable bonds is 3. The molecule has 72 valence electrons. The first kappa shape index (κ1) is 8.96. The summed E-state index contributed by atoms with van der Waals surface area (Å²) in [7, 11) is 0. The first-order valence-electron chi connectivity index (χ1n) is 4.15. The lowest BCUT2D eigenvalue weighted by molar-refractivity contribution is 0.518. The highest BCUT2D eigenvalue weighted by Gasteiger charge is 1.95. The smallest absolute Gasteiger partial charge is 0.131 e. The zero-order valence-corrected chi connectivity index (χ0v) is 8.17. The number of aromatic nitrogens is 2. The maximum atomic E-state index is 5.17. The molecule has 0 aliphatic heterocycles. The van der Waals surface area contributed by atoms with Gasteiger partial charge in [-0.3, -0.25) is 0 Å². The molecule has 4 nitrogen and oxygen atoms in total. The zero-order valence-electron chi connectivity index (χ0n) is 7.36. The van der Waals surface area contributed by atoms with E-state index in [0.717, 1.165) is 11.6 Å². The third kappa shape index (κ3) is 2.20. The summed E-state index contributed by atoms with van der Waals surface area (Å²) in [5, 5.41) is 3.13. The fraction of sp³-hybridized carbons (Fsp3) is 0.111. The van der Waals surface area contributed by atoms with Crippen LogP contribution in [-0.2, 0) is 6.54 Å². The van der Waals surface area contributed by atoms with E-state index in [-0.39, 0.29) is 0 Å². The molecule has 5 heteroatoms. The Balaban J connectivity index is 2.02. The Labute approximate surface area is 86.0 Å². The standard InChI is InChI=1S/C9H9N3OS/c14-9-4-8(11-6-12-9)10-5-7-2-1-3-13-7/h1-4,6H,5H2,(H2,10,11,12,14). The van der Waals surface area contributed by atoms with Gasteiger partial charge in [-0.2, -0.15) is 0 Å². The number of nitrogens with one attached hydrogen (secondary N) is 2. The summed E-state index contributed by atoms with van der Waals surface area (Å²) in [5.74, 6) is 1.71. The molecule has 0 unspecified atom stereocenters. The molecule has 0 spiro atoms. The van der Waals surface area contributed by atoms with Crippen LogP contribution in [0.2, 0.25) is 0 Å². The van der Waals surface area contributed by atoms with Crippen molar-refractivity contribution in [1.29, 1.82) is 0 Å².